The van der Waals surface area contributed by atoms with Crippen LogP contribution in [0.5, 0.6) is 0 Å². The molecular formula is C32H20N2. The Hall–Kier alpha value is -4.56. The molecule has 2 heterocycles. The van der Waals surface area contributed by atoms with Crippen LogP contribution in [0, 0.1) is 0 Å². The van der Waals surface area contributed by atoms with Crippen LogP contribution in [0.4, 0.5) is 0 Å². The first kappa shape index (κ1) is 19.0. The Morgan fingerprint density at radius 2 is 1.06 bits per heavy atom. The molecule has 2 aromatic heterocycles. The van der Waals surface area contributed by atoms with Crippen molar-refractivity contribution in [1.29, 1.82) is 0 Å². The molecule has 0 spiro atoms. The number of hydrogen-bond acceptors (Lipinski definition) is 2. The minimum absolute atomic E-state index is 0.887. The molecule has 0 aliphatic rings. The van der Waals surface area contributed by atoms with E-state index in [-0.39, 0.29) is 0 Å². The average molecular weight is 433 g/mol. The molecule has 158 valence electrons. The summed E-state index contributed by atoms with van der Waals surface area (Å²) in [5.41, 5.74) is 4.85. The second-order valence-corrected chi connectivity index (χ2v) is 8.65. The molecule has 2 heteroatoms. The summed E-state index contributed by atoms with van der Waals surface area (Å²) >= 11 is 0. The van der Waals surface area contributed by atoms with Crippen LogP contribution in [0.25, 0.3) is 65.9 Å². The van der Waals surface area contributed by atoms with Crippen LogP contribution < -0.4 is 0 Å². The molecule has 0 saturated heterocycles. The first-order chi connectivity index (χ1) is 16.8. The summed E-state index contributed by atoms with van der Waals surface area (Å²) in [6.45, 7) is 0. The molecule has 0 aliphatic carbocycles. The number of hydrogen-bond donors (Lipinski definition) is 0. The number of nitrogens with zero attached hydrogens (tertiary/aromatic N) is 2. The average Bonchev–Trinajstić information content (AvgIpc) is 2.92. The maximum Gasteiger partial charge on any atom is 0.0972 e. The smallest absolute Gasteiger partial charge is 0.0972 e. The van der Waals surface area contributed by atoms with E-state index in [4.69, 9.17) is 9.97 Å². The maximum atomic E-state index is 5.08. The fraction of sp³-hybridized carbons (Fsp3) is 0. The van der Waals surface area contributed by atoms with Gasteiger partial charge in [-0.25, -0.2) is 9.97 Å². The van der Waals surface area contributed by atoms with Gasteiger partial charge in [-0.15, -0.1) is 0 Å². The van der Waals surface area contributed by atoms with Crippen LogP contribution >= 0.6 is 0 Å². The van der Waals surface area contributed by atoms with E-state index in [1.807, 2.05) is 6.07 Å². The summed E-state index contributed by atoms with van der Waals surface area (Å²) in [5.74, 6) is 0. The number of aromatic nitrogens is 2. The van der Waals surface area contributed by atoms with E-state index < -0.39 is 0 Å². The fourth-order valence-electron chi connectivity index (χ4n) is 5.00. The third-order valence-corrected chi connectivity index (χ3v) is 6.64. The Morgan fingerprint density at radius 1 is 0.382 bits per heavy atom. The van der Waals surface area contributed by atoms with Gasteiger partial charge in [0.15, 0.2) is 0 Å². The molecule has 0 aliphatic heterocycles. The number of benzene rings is 5. The van der Waals surface area contributed by atoms with Crippen molar-refractivity contribution < 1.29 is 0 Å². The van der Waals surface area contributed by atoms with Gasteiger partial charge in [0.25, 0.3) is 0 Å². The maximum absolute atomic E-state index is 5.08. The van der Waals surface area contributed by atoms with Gasteiger partial charge in [-0.2, -0.15) is 0 Å². The number of fused-ring (bicyclic) bond motifs is 6. The van der Waals surface area contributed by atoms with Gasteiger partial charge in [-0.3, -0.25) is 0 Å². The third kappa shape index (κ3) is 2.96. The molecule has 2 nitrogen and oxygen atoms in total. The quantitative estimate of drug-likeness (QED) is 0.256. The molecule has 0 N–H and O–H groups in total. The lowest BCUT2D eigenvalue weighted by atomic mass is 9.99. The molecule has 0 radical (unpaired) electrons. The highest BCUT2D eigenvalue weighted by molar-refractivity contribution is 6.11. The van der Waals surface area contributed by atoms with Gasteiger partial charge in [0, 0.05) is 16.3 Å². The second kappa shape index (κ2) is 7.50. The lowest BCUT2D eigenvalue weighted by molar-refractivity contribution is 1.29. The monoisotopic (exact) mass is 432 g/mol. The van der Waals surface area contributed by atoms with Crippen LogP contribution in [-0.4, -0.2) is 9.97 Å². The highest BCUT2D eigenvalue weighted by Crippen LogP contribution is 2.33. The van der Waals surface area contributed by atoms with Crippen molar-refractivity contribution in [2.24, 2.45) is 0 Å². The van der Waals surface area contributed by atoms with E-state index in [1.54, 1.807) is 0 Å². The normalized spacial score (nSPS) is 11.5. The number of pyridine rings is 2. The fourth-order valence-corrected chi connectivity index (χ4v) is 5.00. The van der Waals surface area contributed by atoms with Crippen molar-refractivity contribution in [2.45, 2.75) is 0 Å². The van der Waals surface area contributed by atoms with Gasteiger partial charge in [0.1, 0.15) is 0 Å². The van der Waals surface area contributed by atoms with Gasteiger partial charge in [0.05, 0.1) is 22.6 Å². The summed E-state index contributed by atoms with van der Waals surface area (Å²) in [6.07, 6.45) is 0. The number of para-hydroxylation sites is 1. The molecule has 7 aromatic rings. The summed E-state index contributed by atoms with van der Waals surface area (Å²) in [4.78, 5) is 10.1. The summed E-state index contributed by atoms with van der Waals surface area (Å²) in [5, 5.41) is 8.51. The lowest BCUT2D eigenvalue weighted by Gasteiger charge is -2.11. The Balaban J connectivity index is 1.41. The summed E-state index contributed by atoms with van der Waals surface area (Å²) < 4.78 is 0. The third-order valence-electron chi connectivity index (χ3n) is 6.64. The van der Waals surface area contributed by atoms with Crippen molar-refractivity contribution in [3.8, 4) is 22.6 Å². The minimum Gasteiger partial charge on any atom is -0.246 e. The Kier molecular flexibility index (Phi) is 4.18. The van der Waals surface area contributed by atoms with E-state index in [0.717, 1.165) is 33.5 Å². The van der Waals surface area contributed by atoms with Crippen LogP contribution in [0.2, 0.25) is 0 Å². The van der Waals surface area contributed by atoms with Gasteiger partial charge in [-0.05, 0) is 51.2 Å². The Morgan fingerprint density at radius 3 is 1.97 bits per heavy atom. The largest absolute Gasteiger partial charge is 0.246 e. The topological polar surface area (TPSA) is 25.8 Å². The highest BCUT2D eigenvalue weighted by atomic mass is 14.8. The zero-order valence-electron chi connectivity index (χ0n) is 18.4. The van der Waals surface area contributed by atoms with Gasteiger partial charge >= 0.3 is 0 Å². The Bertz CT molecular complexity index is 1870. The Labute approximate surface area is 197 Å². The van der Waals surface area contributed by atoms with E-state index in [0.29, 0.717) is 0 Å². The van der Waals surface area contributed by atoms with Crippen LogP contribution in [-0.2, 0) is 0 Å². The minimum atomic E-state index is 0.887. The standard InChI is InChI=1S/C32H20N2/c1-2-9-24-21(8-1)16-17-22-20-23(18-19-25(22)24)29-14-7-15-31(33-29)32-28-12-4-3-10-26(28)27-11-5-6-13-30(27)34-32/h1-20H. The van der Waals surface area contributed by atoms with Crippen LogP contribution in [0.3, 0.4) is 0 Å². The van der Waals surface area contributed by atoms with Crippen molar-refractivity contribution in [1.82, 2.24) is 9.97 Å². The zero-order chi connectivity index (χ0) is 22.5. The molecule has 0 amide bonds. The first-order valence-electron chi connectivity index (χ1n) is 11.5. The SMILES string of the molecule is c1cc(-c2ccc3c(ccc4ccccc43)c2)nc(-c2nc3ccccc3c3ccccc23)c1. The second-order valence-electron chi connectivity index (χ2n) is 8.65. The predicted octanol–water partition coefficient (Wildman–Crippen LogP) is 8.42. The molecule has 0 bridgehead atoms. The highest BCUT2D eigenvalue weighted by Gasteiger charge is 2.12. The van der Waals surface area contributed by atoms with Crippen LogP contribution in [0.15, 0.2) is 121 Å². The molecule has 7 rings (SSSR count). The van der Waals surface area contributed by atoms with E-state index in [1.165, 1.54) is 32.3 Å². The zero-order valence-corrected chi connectivity index (χ0v) is 18.4. The van der Waals surface area contributed by atoms with Gasteiger partial charge in [0.2, 0.25) is 0 Å². The van der Waals surface area contributed by atoms with Gasteiger partial charge < -0.3 is 0 Å². The molecule has 0 unspecified atom stereocenters. The molecule has 34 heavy (non-hydrogen) atoms. The molecule has 0 atom stereocenters. The molecular weight excluding hydrogens is 412 g/mol. The van der Waals surface area contributed by atoms with Gasteiger partial charge in [-0.1, -0.05) is 97.1 Å². The van der Waals surface area contributed by atoms with Crippen molar-refractivity contribution in [3.63, 3.8) is 0 Å². The molecule has 5 aromatic carbocycles. The summed E-state index contributed by atoms with van der Waals surface area (Å²) in [7, 11) is 0. The first-order valence-corrected chi connectivity index (χ1v) is 11.5. The molecule has 0 fully saturated rings. The van der Waals surface area contributed by atoms with Crippen molar-refractivity contribution >= 4 is 43.2 Å². The summed E-state index contributed by atoms with van der Waals surface area (Å²) in [6, 6.07) is 42.5. The van der Waals surface area contributed by atoms with Crippen molar-refractivity contribution in [2.75, 3.05) is 0 Å². The lowest BCUT2D eigenvalue weighted by Crippen LogP contribution is -1.93. The molecule has 0 saturated carbocycles. The number of rotatable bonds is 2. The van der Waals surface area contributed by atoms with E-state index in [2.05, 4.69) is 115 Å². The van der Waals surface area contributed by atoms with Crippen molar-refractivity contribution in [3.05, 3.63) is 121 Å². The van der Waals surface area contributed by atoms with Crippen LogP contribution in [0.1, 0.15) is 0 Å². The van der Waals surface area contributed by atoms with E-state index >= 15 is 0 Å². The predicted molar refractivity (Wildman–Crippen MR) is 143 cm³/mol. The van der Waals surface area contributed by atoms with E-state index in [9.17, 15) is 0 Å².